The Labute approximate surface area is 357 Å². The standard InChI is InChI=1S/C26H41ClN4O5.C18H18O6/c1-28-23(14-19-6-5-12-35-18-19)16-30-25(32)31-11-4-8-21(17-31)24(20-7-3-9-22(27)15-20)36-13-10-29-26(33)34-2;1-11-3-7-13(8-4-11)23-15(17(19)20)16(18(21)22)24-14-9-5-12(2)6-10-14/h3,7,9,15,19,21,23-24,28H,4-6,8,10-14,16-18H2,1-2H3,(H,29,33)(H,30,32);3-10,15-16H,1-2H3,(H,19,20)(H,21,22)/t19-,21-,23+,24+;15-,16-/m11/s1. The van der Waals surface area contributed by atoms with Gasteiger partial charge in [-0.15, -0.1) is 0 Å². The van der Waals surface area contributed by atoms with Crippen molar-refractivity contribution in [3.63, 3.8) is 0 Å². The molecule has 15 nitrogen and oxygen atoms in total. The fraction of sp³-hybridized carbons (Fsp3) is 0.500. The lowest BCUT2D eigenvalue weighted by atomic mass is 9.88. The molecule has 0 bridgehead atoms. The average molecular weight is 855 g/mol. The number of carboxylic acid groups (broad SMARTS) is 2. The second kappa shape index (κ2) is 24.9. The third-order valence-corrected chi connectivity index (χ3v) is 10.5. The van der Waals surface area contributed by atoms with Crippen LogP contribution in [0.5, 0.6) is 11.5 Å². The number of hydrogen-bond acceptors (Lipinski definition) is 10. The van der Waals surface area contributed by atoms with E-state index in [1.165, 1.54) is 13.5 Å². The number of halogens is 1. The Kier molecular flexibility index (Phi) is 19.7. The van der Waals surface area contributed by atoms with Crippen molar-refractivity contribution in [2.75, 3.05) is 60.2 Å². The van der Waals surface area contributed by atoms with Gasteiger partial charge in [-0.1, -0.05) is 59.1 Å². The van der Waals surface area contributed by atoms with Gasteiger partial charge in [0.15, 0.2) is 0 Å². The van der Waals surface area contributed by atoms with Crippen LogP contribution < -0.4 is 25.4 Å². The molecule has 0 spiro atoms. The van der Waals surface area contributed by atoms with Crippen LogP contribution in [0.3, 0.4) is 0 Å². The first kappa shape index (κ1) is 47.6. The van der Waals surface area contributed by atoms with Crippen molar-refractivity contribution in [2.24, 2.45) is 11.8 Å². The molecule has 5 rings (SSSR count). The number of aliphatic carboxylic acids is 2. The van der Waals surface area contributed by atoms with E-state index in [9.17, 15) is 29.4 Å². The minimum atomic E-state index is -1.69. The lowest BCUT2D eigenvalue weighted by Crippen LogP contribution is -2.50. The number of nitrogens with zero attached hydrogens (tertiary/aromatic N) is 1. The third-order valence-electron chi connectivity index (χ3n) is 10.3. The molecule has 3 amide bonds. The van der Waals surface area contributed by atoms with Gasteiger partial charge in [-0.25, -0.2) is 19.2 Å². The number of carboxylic acids is 2. The van der Waals surface area contributed by atoms with Gasteiger partial charge in [-0.05, 0) is 101 Å². The van der Waals surface area contributed by atoms with Crippen molar-refractivity contribution in [1.29, 1.82) is 0 Å². The molecule has 0 aromatic heterocycles. The van der Waals surface area contributed by atoms with Gasteiger partial charge < -0.3 is 54.7 Å². The highest BCUT2D eigenvalue weighted by Gasteiger charge is 2.38. The number of amides is 3. The molecular weight excluding hydrogens is 796 g/mol. The molecule has 2 fully saturated rings. The Morgan fingerprint density at radius 2 is 1.52 bits per heavy atom. The summed E-state index contributed by atoms with van der Waals surface area (Å²) in [5, 5.41) is 28.5. The van der Waals surface area contributed by atoms with Gasteiger partial charge >= 0.3 is 24.1 Å². The van der Waals surface area contributed by atoms with Gasteiger partial charge in [0.1, 0.15) is 11.5 Å². The zero-order valence-electron chi connectivity index (χ0n) is 34.8. The molecule has 16 heteroatoms. The van der Waals surface area contributed by atoms with Crippen molar-refractivity contribution in [1.82, 2.24) is 20.9 Å². The van der Waals surface area contributed by atoms with Gasteiger partial charge in [-0.2, -0.15) is 0 Å². The molecular formula is C44H59ClN4O11. The lowest BCUT2D eigenvalue weighted by molar-refractivity contribution is -0.161. The van der Waals surface area contributed by atoms with E-state index in [1.54, 1.807) is 48.5 Å². The van der Waals surface area contributed by atoms with Gasteiger partial charge in [-0.3, -0.25) is 0 Å². The number of methoxy groups -OCH3 is 1. The molecule has 60 heavy (non-hydrogen) atoms. The van der Waals surface area contributed by atoms with Crippen LogP contribution in [0, 0.1) is 25.7 Å². The summed E-state index contributed by atoms with van der Waals surface area (Å²) < 4.78 is 27.2. The molecule has 3 aromatic carbocycles. The Hall–Kier alpha value is -5.09. The highest BCUT2D eigenvalue weighted by atomic mass is 35.5. The first-order valence-corrected chi connectivity index (χ1v) is 20.6. The van der Waals surface area contributed by atoms with Gasteiger partial charge in [0.25, 0.3) is 0 Å². The summed E-state index contributed by atoms with van der Waals surface area (Å²) in [6.45, 7) is 7.96. The molecule has 2 saturated heterocycles. The predicted molar refractivity (Wildman–Crippen MR) is 226 cm³/mol. The molecule has 3 aromatic rings. The van der Waals surface area contributed by atoms with Crippen molar-refractivity contribution in [3.8, 4) is 11.5 Å². The quantitative estimate of drug-likeness (QED) is 0.0905. The minimum Gasteiger partial charge on any atom is -0.478 e. The summed E-state index contributed by atoms with van der Waals surface area (Å²) in [4.78, 5) is 49.3. The normalized spacial score (nSPS) is 18.3. The molecule has 0 radical (unpaired) electrons. The van der Waals surface area contributed by atoms with Crippen LogP contribution in [-0.4, -0.2) is 118 Å². The third kappa shape index (κ3) is 15.8. The number of urea groups is 1. The van der Waals surface area contributed by atoms with Crippen LogP contribution in [0.1, 0.15) is 54.9 Å². The predicted octanol–water partition coefficient (Wildman–Crippen LogP) is 6.25. The number of nitrogens with one attached hydrogen (secondary N) is 3. The smallest absolute Gasteiger partial charge is 0.406 e. The van der Waals surface area contributed by atoms with Gasteiger partial charge in [0.2, 0.25) is 12.2 Å². The average Bonchev–Trinajstić information content (AvgIpc) is 3.25. The van der Waals surface area contributed by atoms with E-state index < -0.39 is 30.2 Å². The van der Waals surface area contributed by atoms with Crippen LogP contribution in [0.4, 0.5) is 9.59 Å². The largest absolute Gasteiger partial charge is 0.478 e. The number of carbonyl (C=O) groups excluding carboxylic acids is 2. The summed E-state index contributed by atoms with van der Waals surface area (Å²) in [7, 11) is 3.27. The molecule has 328 valence electrons. The maximum Gasteiger partial charge on any atom is 0.406 e. The van der Waals surface area contributed by atoms with Gasteiger partial charge in [0, 0.05) is 56.4 Å². The van der Waals surface area contributed by atoms with Gasteiger partial charge in [0.05, 0.1) is 19.8 Å². The Morgan fingerprint density at radius 1 is 0.883 bits per heavy atom. The van der Waals surface area contributed by atoms with Crippen LogP contribution in [0.25, 0.3) is 0 Å². The number of rotatable bonds is 18. The number of aryl methyl sites for hydroxylation is 2. The van der Waals surface area contributed by atoms with Crippen LogP contribution >= 0.6 is 11.6 Å². The van der Waals surface area contributed by atoms with Crippen LogP contribution in [0.2, 0.25) is 5.02 Å². The Bertz CT molecular complexity index is 1730. The molecule has 0 unspecified atom stereocenters. The van der Waals surface area contributed by atoms with E-state index in [0.29, 0.717) is 37.2 Å². The van der Waals surface area contributed by atoms with Crippen LogP contribution in [0.15, 0.2) is 72.8 Å². The zero-order chi connectivity index (χ0) is 43.4. The number of likely N-dealkylation sites (N-methyl/N-ethyl adjacent to an activating group) is 1. The molecule has 5 N–H and O–H groups in total. The summed E-state index contributed by atoms with van der Waals surface area (Å²) in [5.74, 6) is -1.68. The van der Waals surface area contributed by atoms with E-state index in [0.717, 1.165) is 62.1 Å². The second-order valence-electron chi connectivity index (χ2n) is 15.0. The SMILES string of the molecule is CN[C@H](CNC(=O)N1CCC[C@@H]([C@@H](OCCNC(=O)OC)c2cccc(Cl)c2)C1)C[C@H]1CCCOC1.Cc1ccc(O[C@@H](C(=O)O)[C@@H](Oc2ccc(C)cc2)C(=O)O)cc1. The summed E-state index contributed by atoms with van der Waals surface area (Å²) in [6, 6.07) is 21.1. The minimum absolute atomic E-state index is 0.0444. The summed E-state index contributed by atoms with van der Waals surface area (Å²) in [5.41, 5.74) is 2.91. The monoisotopic (exact) mass is 854 g/mol. The molecule has 6 atom stereocenters. The molecule has 0 aliphatic carbocycles. The highest BCUT2D eigenvalue weighted by molar-refractivity contribution is 6.30. The first-order valence-electron chi connectivity index (χ1n) is 20.3. The van der Waals surface area contributed by atoms with Crippen molar-refractivity contribution < 1.29 is 53.1 Å². The highest BCUT2D eigenvalue weighted by Crippen LogP contribution is 2.34. The molecule has 2 aliphatic rings. The van der Waals surface area contributed by atoms with E-state index >= 15 is 0 Å². The van der Waals surface area contributed by atoms with Crippen molar-refractivity contribution >= 4 is 35.7 Å². The maximum absolute atomic E-state index is 13.1. The van der Waals surface area contributed by atoms with Crippen LogP contribution in [-0.2, 0) is 23.8 Å². The topological polar surface area (TPSA) is 194 Å². The molecule has 2 aliphatic heterocycles. The number of ether oxygens (including phenoxy) is 5. The zero-order valence-corrected chi connectivity index (χ0v) is 35.5. The number of likely N-dealkylation sites (tertiary alicyclic amines) is 1. The second-order valence-corrected chi connectivity index (χ2v) is 15.4. The van der Waals surface area contributed by atoms with Crippen molar-refractivity contribution in [2.45, 2.75) is 70.3 Å². The van der Waals surface area contributed by atoms with Crippen molar-refractivity contribution in [3.05, 3.63) is 94.5 Å². The fourth-order valence-corrected chi connectivity index (χ4v) is 7.27. The van der Waals surface area contributed by atoms with E-state index in [2.05, 4.69) is 20.7 Å². The summed E-state index contributed by atoms with van der Waals surface area (Å²) >= 11 is 6.27. The number of hydrogen-bond donors (Lipinski definition) is 5. The van der Waals surface area contributed by atoms with E-state index in [1.807, 2.05) is 50.1 Å². The maximum atomic E-state index is 13.1. The lowest BCUT2D eigenvalue weighted by Gasteiger charge is -2.37. The number of carbonyl (C=O) groups is 4. The molecule has 0 saturated carbocycles. The first-order chi connectivity index (χ1) is 28.9. The van der Waals surface area contributed by atoms with E-state index in [4.69, 9.17) is 30.5 Å². The Morgan fingerprint density at radius 3 is 2.05 bits per heavy atom. The molecule has 2 heterocycles. The Balaban J connectivity index is 0.000000287. The fourth-order valence-electron chi connectivity index (χ4n) is 7.07. The summed E-state index contributed by atoms with van der Waals surface area (Å²) in [6.07, 6.45) is 1.00. The number of alkyl carbamates (subject to hydrolysis) is 1. The number of piperidine rings is 1. The van der Waals surface area contributed by atoms with E-state index in [-0.39, 0.29) is 35.6 Å². The number of benzene rings is 3.